The Morgan fingerprint density at radius 2 is 2.17 bits per heavy atom. The standard InChI is InChI=1S/C17H25N3O3/c1-2-9-18-17(22)13-20-10-7-14(8-11-20)19-16(21)6-5-15-4-3-12-23-15/h3-6,12,14H,2,7-11,13H2,1H3,(H,18,22)(H,19,21). The molecule has 0 aliphatic carbocycles. The van der Waals surface area contributed by atoms with Gasteiger partial charge in [-0.1, -0.05) is 6.92 Å². The highest BCUT2D eigenvalue weighted by atomic mass is 16.3. The van der Waals surface area contributed by atoms with Crippen LogP contribution >= 0.6 is 0 Å². The molecule has 1 aliphatic rings. The van der Waals surface area contributed by atoms with E-state index in [0.717, 1.165) is 38.9 Å². The summed E-state index contributed by atoms with van der Waals surface area (Å²) >= 11 is 0. The van der Waals surface area contributed by atoms with Crippen molar-refractivity contribution < 1.29 is 14.0 Å². The predicted octanol–water partition coefficient (Wildman–Crippen LogP) is 1.40. The van der Waals surface area contributed by atoms with Gasteiger partial charge < -0.3 is 15.1 Å². The summed E-state index contributed by atoms with van der Waals surface area (Å²) in [6.07, 6.45) is 7.39. The number of likely N-dealkylation sites (tertiary alicyclic amines) is 1. The molecule has 0 unspecified atom stereocenters. The minimum absolute atomic E-state index is 0.0794. The summed E-state index contributed by atoms with van der Waals surface area (Å²) < 4.78 is 5.14. The maximum absolute atomic E-state index is 11.9. The van der Waals surface area contributed by atoms with Crippen LogP contribution in [-0.2, 0) is 9.59 Å². The van der Waals surface area contributed by atoms with Gasteiger partial charge in [0.05, 0.1) is 12.8 Å². The zero-order valence-electron chi connectivity index (χ0n) is 13.6. The van der Waals surface area contributed by atoms with Crippen LogP contribution in [-0.4, -0.2) is 48.9 Å². The van der Waals surface area contributed by atoms with Gasteiger partial charge >= 0.3 is 0 Å². The molecule has 2 amide bonds. The minimum atomic E-state index is -0.111. The summed E-state index contributed by atoms with van der Waals surface area (Å²) in [4.78, 5) is 25.7. The number of carbonyl (C=O) groups excluding carboxylic acids is 2. The van der Waals surface area contributed by atoms with E-state index in [1.165, 1.54) is 6.08 Å². The number of piperidine rings is 1. The molecule has 126 valence electrons. The van der Waals surface area contributed by atoms with Crippen molar-refractivity contribution in [3.63, 3.8) is 0 Å². The molecule has 0 spiro atoms. The largest absolute Gasteiger partial charge is 0.465 e. The summed E-state index contributed by atoms with van der Waals surface area (Å²) in [5.74, 6) is 0.629. The molecule has 0 bridgehead atoms. The Labute approximate surface area is 136 Å². The summed E-state index contributed by atoms with van der Waals surface area (Å²) in [6, 6.07) is 3.74. The van der Waals surface area contributed by atoms with Crippen LogP contribution in [0.3, 0.4) is 0 Å². The van der Waals surface area contributed by atoms with Gasteiger partial charge in [-0.05, 0) is 37.5 Å². The van der Waals surface area contributed by atoms with Crippen LogP contribution in [0.4, 0.5) is 0 Å². The second kappa shape index (κ2) is 9.15. The lowest BCUT2D eigenvalue weighted by Gasteiger charge is -2.31. The van der Waals surface area contributed by atoms with E-state index < -0.39 is 0 Å². The van der Waals surface area contributed by atoms with E-state index in [-0.39, 0.29) is 17.9 Å². The number of carbonyl (C=O) groups is 2. The SMILES string of the molecule is CCCNC(=O)CN1CCC(NC(=O)C=Cc2ccco2)CC1. The summed E-state index contributed by atoms with van der Waals surface area (Å²) in [5.41, 5.74) is 0. The molecule has 1 aromatic rings. The monoisotopic (exact) mass is 319 g/mol. The molecule has 1 saturated heterocycles. The highest BCUT2D eigenvalue weighted by Crippen LogP contribution is 2.10. The highest BCUT2D eigenvalue weighted by molar-refractivity contribution is 5.91. The van der Waals surface area contributed by atoms with E-state index in [0.29, 0.717) is 12.3 Å². The fourth-order valence-corrected chi connectivity index (χ4v) is 2.55. The first kappa shape index (κ1) is 17.3. The number of nitrogens with zero attached hydrogens (tertiary/aromatic N) is 1. The molecular formula is C17H25N3O3. The van der Waals surface area contributed by atoms with E-state index in [9.17, 15) is 9.59 Å². The lowest BCUT2D eigenvalue weighted by Crippen LogP contribution is -2.47. The first-order valence-electron chi connectivity index (χ1n) is 8.18. The van der Waals surface area contributed by atoms with Crippen molar-refractivity contribution >= 4 is 17.9 Å². The molecule has 0 saturated carbocycles. The number of nitrogens with one attached hydrogen (secondary N) is 2. The zero-order valence-corrected chi connectivity index (χ0v) is 13.6. The lowest BCUT2D eigenvalue weighted by molar-refractivity contribution is -0.123. The number of furan rings is 1. The van der Waals surface area contributed by atoms with Gasteiger partial charge in [0.15, 0.2) is 0 Å². The Morgan fingerprint density at radius 3 is 2.83 bits per heavy atom. The van der Waals surface area contributed by atoms with Crippen LogP contribution in [0.25, 0.3) is 6.08 Å². The van der Waals surface area contributed by atoms with Crippen molar-refractivity contribution in [2.24, 2.45) is 0 Å². The number of hydrogen-bond donors (Lipinski definition) is 2. The smallest absolute Gasteiger partial charge is 0.244 e. The van der Waals surface area contributed by atoms with Gasteiger partial charge in [0.2, 0.25) is 11.8 Å². The molecule has 2 N–H and O–H groups in total. The minimum Gasteiger partial charge on any atom is -0.465 e. The fraction of sp³-hybridized carbons (Fsp3) is 0.529. The van der Waals surface area contributed by atoms with Gasteiger partial charge in [-0.25, -0.2) is 0 Å². The van der Waals surface area contributed by atoms with Gasteiger partial charge in [-0.3, -0.25) is 14.5 Å². The number of rotatable bonds is 7. The molecule has 2 rings (SSSR count). The Kier molecular flexibility index (Phi) is 6.87. The third-order valence-corrected chi connectivity index (χ3v) is 3.82. The van der Waals surface area contributed by atoms with Gasteiger partial charge in [-0.15, -0.1) is 0 Å². The van der Waals surface area contributed by atoms with Crippen molar-refractivity contribution in [3.05, 3.63) is 30.2 Å². The molecule has 6 heteroatoms. The van der Waals surface area contributed by atoms with Crippen LogP contribution in [0.1, 0.15) is 31.9 Å². The normalized spacial score (nSPS) is 16.6. The average molecular weight is 319 g/mol. The first-order chi connectivity index (χ1) is 11.2. The summed E-state index contributed by atoms with van der Waals surface area (Å²) in [7, 11) is 0. The van der Waals surface area contributed by atoms with E-state index in [2.05, 4.69) is 15.5 Å². The van der Waals surface area contributed by atoms with Crippen molar-refractivity contribution in [2.75, 3.05) is 26.2 Å². The highest BCUT2D eigenvalue weighted by Gasteiger charge is 2.21. The summed E-state index contributed by atoms with van der Waals surface area (Å²) in [6.45, 7) is 4.86. The Morgan fingerprint density at radius 1 is 1.39 bits per heavy atom. The van der Waals surface area contributed by atoms with E-state index >= 15 is 0 Å². The molecule has 0 atom stereocenters. The first-order valence-corrected chi connectivity index (χ1v) is 8.18. The maximum Gasteiger partial charge on any atom is 0.244 e. The molecule has 1 fully saturated rings. The summed E-state index contributed by atoms with van der Waals surface area (Å²) in [5, 5.41) is 5.88. The molecule has 23 heavy (non-hydrogen) atoms. The average Bonchev–Trinajstić information content (AvgIpc) is 3.06. The Bertz CT molecular complexity index is 517. The quantitative estimate of drug-likeness (QED) is 0.745. The third-order valence-electron chi connectivity index (χ3n) is 3.82. The van der Waals surface area contributed by atoms with Crippen LogP contribution in [0.15, 0.2) is 28.9 Å². The Hall–Kier alpha value is -2.08. The topological polar surface area (TPSA) is 74.6 Å². The van der Waals surface area contributed by atoms with Crippen LogP contribution < -0.4 is 10.6 Å². The van der Waals surface area contributed by atoms with Crippen molar-refractivity contribution in [1.29, 1.82) is 0 Å². The van der Waals surface area contributed by atoms with Crippen molar-refractivity contribution in [2.45, 2.75) is 32.2 Å². The van der Waals surface area contributed by atoms with Crippen molar-refractivity contribution in [3.8, 4) is 0 Å². The van der Waals surface area contributed by atoms with E-state index in [1.54, 1.807) is 24.5 Å². The maximum atomic E-state index is 11.9. The van der Waals surface area contributed by atoms with Gasteiger partial charge in [0.25, 0.3) is 0 Å². The van der Waals surface area contributed by atoms with E-state index in [1.807, 2.05) is 6.92 Å². The Balaban J connectivity index is 1.66. The second-order valence-electron chi connectivity index (χ2n) is 5.76. The number of hydrogen-bond acceptors (Lipinski definition) is 4. The lowest BCUT2D eigenvalue weighted by atomic mass is 10.0. The molecule has 6 nitrogen and oxygen atoms in total. The predicted molar refractivity (Wildman–Crippen MR) is 88.6 cm³/mol. The van der Waals surface area contributed by atoms with Crippen LogP contribution in [0.2, 0.25) is 0 Å². The molecule has 2 heterocycles. The third kappa shape index (κ3) is 6.28. The number of amides is 2. The fourth-order valence-electron chi connectivity index (χ4n) is 2.55. The van der Waals surface area contributed by atoms with Gasteiger partial charge in [-0.2, -0.15) is 0 Å². The molecule has 1 aromatic heterocycles. The molecule has 0 aromatic carbocycles. The zero-order chi connectivity index (χ0) is 16.5. The second-order valence-corrected chi connectivity index (χ2v) is 5.76. The van der Waals surface area contributed by atoms with Crippen LogP contribution in [0, 0.1) is 0 Å². The molecule has 1 aliphatic heterocycles. The van der Waals surface area contributed by atoms with E-state index in [4.69, 9.17) is 4.42 Å². The molecule has 0 radical (unpaired) electrons. The molecular weight excluding hydrogens is 294 g/mol. The van der Waals surface area contributed by atoms with Crippen LogP contribution in [0.5, 0.6) is 0 Å². The van der Waals surface area contributed by atoms with Gasteiger partial charge in [0, 0.05) is 31.8 Å². The van der Waals surface area contributed by atoms with Gasteiger partial charge in [0.1, 0.15) is 5.76 Å². The van der Waals surface area contributed by atoms with Crippen molar-refractivity contribution in [1.82, 2.24) is 15.5 Å².